The van der Waals surface area contributed by atoms with Gasteiger partial charge in [-0.2, -0.15) is 4.31 Å². The summed E-state index contributed by atoms with van der Waals surface area (Å²) in [4.78, 5) is 52.2. The third kappa shape index (κ3) is 8.91. The van der Waals surface area contributed by atoms with Crippen LogP contribution in [-0.4, -0.2) is 68.9 Å². The second-order valence-corrected chi connectivity index (χ2v) is 13.5. The lowest BCUT2D eigenvalue weighted by molar-refractivity contribution is -0.120. The predicted molar refractivity (Wildman–Crippen MR) is 169 cm³/mol. The van der Waals surface area contributed by atoms with Gasteiger partial charge >= 0.3 is 6.09 Å². The van der Waals surface area contributed by atoms with Crippen molar-refractivity contribution in [1.29, 1.82) is 0 Å². The van der Waals surface area contributed by atoms with Crippen molar-refractivity contribution in [3.05, 3.63) is 96.1 Å². The molecule has 3 aromatic carbocycles. The highest BCUT2D eigenvalue weighted by molar-refractivity contribution is 7.93. The van der Waals surface area contributed by atoms with Crippen LogP contribution in [-0.2, 0) is 19.6 Å². The number of para-hydroxylation sites is 1. The van der Waals surface area contributed by atoms with Crippen LogP contribution in [0.2, 0.25) is 0 Å². The lowest BCUT2D eigenvalue weighted by atomic mass is 9.97. The maximum absolute atomic E-state index is 13.7. The Balaban J connectivity index is 1.31. The smallest absolute Gasteiger partial charge is 0.410 e. The number of sulfonamides is 1. The topological polar surface area (TPSA) is 142 Å². The Morgan fingerprint density at radius 3 is 1.98 bits per heavy atom. The van der Waals surface area contributed by atoms with Gasteiger partial charge in [0.05, 0.1) is 17.1 Å². The van der Waals surface area contributed by atoms with Gasteiger partial charge < -0.3 is 20.3 Å². The molecular formula is C33H38N4O7S. The number of carbonyl (C=O) groups is 4. The summed E-state index contributed by atoms with van der Waals surface area (Å²) in [5.41, 5.74) is -0.0336. The number of rotatable bonds is 9. The molecule has 0 aromatic heterocycles. The van der Waals surface area contributed by atoms with Gasteiger partial charge in [-0.05, 0) is 88.1 Å². The molecule has 238 valence electrons. The molecule has 4 amide bonds. The average Bonchev–Trinajstić information content (AvgIpc) is 3.03. The minimum Gasteiger partial charge on any atom is -0.444 e. The number of likely N-dealkylation sites (tertiary alicyclic amines) is 1. The number of amides is 4. The summed E-state index contributed by atoms with van der Waals surface area (Å²) in [5.74, 6) is -1.44. The number of anilines is 1. The Morgan fingerprint density at radius 2 is 1.40 bits per heavy atom. The van der Waals surface area contributed by atoms with Gasteiger partial charge in [-0.3, -0.25) is 14.4 Å². The van der Waals surface area contributed by atoms with Crippen LogP contribution in [0.15, 0.2) is 89.8 Å². The van der Waals surface area contributed by atoms with Crippen LogP contribution in [0.4, 0.5) is 10.5 Å². The molecule has 2 N–H and O–H groups in total. The van der Waals surface area contributed by atoms with Crippen LogP contribution >= 0.6 is 0 Å². The monoisotopic (exact) mass is 634 g/mol. The van der Waals surface area contributed by atoms with Gasteiger partial charge in [0, 0.05) is 30.8 Å². The largest absolute Gasteiger partial charge is 0.444 e. The van der Waals surface area contributed by atoms with Crippen molar-refractivity contribution in [3.8, 4) is 0 Å². The summed E-state index contributed by atoms with van der Waals surface area (Å²) in [6, 6.07) is 21.3. The normalized spacial score (nSPS) is 13.9. The summed E-state index contributed by atoms with van der Waals surface area (Å²) in [6.07, 6.45) is 1.10. The summed E-state index contributed by atoms with van der Waals surface area (Å²) in [7, 11) is -4.35. The summed E-state index contributed by atoms with van der Waals surface area (Å²) in [5, 5.41) is 5.36. The molecule has 0 radical (unpaired) electrons. The fourth-order valence-electron chi connectivity index (χ4n) is 4.74. The van der Waals surface area contributed by atoms with E-state index in [-0.39, 0.29) is 46.2 Å². The van der Waals surface area contributed by atoms with E-state index in [1.54, 1.807) is 41.3 Å². The van der Waals surface area contributed by atoms with Crippen LogP contribution in [0.5, 0.6) is 0 Å². The molecule has 0 aliphatic carbocycles. The number of nitrogens with one attached hydrogen (secondary N) is 2. The molecule has 0 atom stereocenters. The quantitative estimate of drug-likeness (QED) is 0.359. The second-order valence-electron chi connectivity index (χ2n) is 11.7. The highest BCUT2D eigenvalue weighted by atomic mass is 32.2. The zero-order chi connectivity index (χ0) is 32.6. The van der Waals surface area contributed by atoms with E-state index in [9.17, 15) is 27.6 Å². The van der Waals surface area contributed by atoms with Gasteiger partial charge in [-0.25, -0.2) is 13.2 Å². The molecule has 1 heterocycles. The molecule has 11 nitrogen and oxygen atoms in total. The zero-order valence-electron chi connectivity index (χ0n) is 25.6. The van der Waals surface area contributed by atoms with Gasteiger partial charge in [-0.15, -0.1) is 0 Å². The van der Waals surface area contributed by atoms with E-state index < -0.39 is 27.4 Å². The maximum atomic E-state index is 13.7. The van der Waals surface area contributed by atoms with Gasteiger partial charge in [-0.1, -0.05) is 36.4 Å². The number of carbonyl (C=O) groups excluding carboxylic acids is 4. The molecule has 12 heteroatoms. The number of hydrogen-bond donors (Lipinski definition) is 2. The first-order valence-electron chi connectivity index (χ1n) is 14.7. The number of benzene rings is 3. The Hall–Kier alpha value is -4.71. The standard InChI is InChI=1S/C33H38N4O7S/c1-33(2,3)44-32(41)36-20-18-24(19-21-36)22-34-29(38)23-35-30(39)25-14-16-28(17-15-25)45(42,43)37(27-12-8-5-9-13-27)31(40)26-10-6-4-7-11-26/h4-17,24H,18-23H2,1-3H3,(H,34,38)(H,35,39). The summed E-state index contributed by atoms with van der Waals surface area (Å²) >= 11 is 0. The summed E-state index contributed by atoms with van der Waals surface area (Å²) in [6.45, 7) is 6.71. The average molecular weight is 635 g/mol. The van der Waals surface area contributed by atoms with Crippen molar-refractivity contribution in [2.75, 3.05) is 30.5 Å². The third-order valence-electron chi connectivity index (χ3n) is 7.11. The molecule has 3 aromatic rings. The van der Waals surface area contributed by atoms with Gasteiger partial charge in [0.15, 0.2) is 0 Å². The molecule has 1 fully saturated rings. The first kappa shape index (κ1) is 33.2. The predicted octanol–water partition coefficient (Wildman–Crippen LogP) is 4.22. The molecule has 1 saturated heterocycles. The zero-order valence-corrected chi connectivity index (χ0v) is 26.4. The molecule has 0 spiro atoms. The van der Waals surface area contributed by atoms with Crippen LogP contribution in [0.1, 0.15) is 54.3 Å². The highest BCUT2D eigenvalue weighted by Crippen LogP contribution is 2.26. The van der Waals surface area contributed by atoms with E-state index in [2.05, 4.69) is 10.6 Å². The third-order valence-corrected chi connectivity index (χ3v) is 8.84. The van der Waals surface area contributed by atoms with Crippen molar-refractivity contribution < 1.29 is 32.3 Å². The molecule has 4 rings (SSSR count). The van der Waals surface area contributed by atoms with Crippen molar-refractivity contribution in [2.45, 2.75) is 44.1 Å². The lowest BCUT2D eigenvalue weighted by Gasteiger charge is -2.33. The van der Waals surface area contributed by atoms with Crippen molar-refractivity contribution in [3.63, 3.8) is 0 Å². The SMILES string of the molecule is CC(C)(C)OC(=O)N1CCC(CNC(=O)CNC(=O)c2ccc(S(=O)(=O)N(C(=O)c3ccccc3)c3ccccc3)cc2)CC1. The lowest BCUT2D eigenvalue weighted by Crippen LogP contribution is -2.44. The Kier molecular flexibility index (Phi) is 10.6. The molecular weight excluding hydrogens is 596 g/mol. The van der Waals surface area contributed by atoms with Crippen molar-refractivity contribution >= 4 is 39.5 Å². The van der Waals surface area contributed by atoms with Gasteiger partial charge in [0.25, 0.3) is 21.8 Å². The van der Waals surface area contributed by atoms with Crippen molar-refractivity contribution in [2.24, 2.45) is 5.92 Å². The van der Waals surface area contributed by atoms with Crippen LogP contribution < -0.4 is 14.9 Å². The molecule has 45 heavy (non-hydrogen) atoms. The van der Waals surface area contributed by atoms with Gasteiger partial charge in [0.1, 0.15) is 5.60 Å². The molecule has 1 aliphatic rings. The van der Waals surface area contributed by atoms with Crippen molar-refractivity contribution in [1.82, 2.24) is 15.5 Å². The molecule has 0 bridgehead atoms. The van der Waals surface area contributed by atoms with Crippen LogP contribution in [0, 0.1) is 5.92 Å². The summed E-state index contributed by atoms with van der Waals surface area (Å²) < 4.78 is 33.5. The minimum absolute atomic E-state index is 0.150. The fraction of sp³-hybridized carbons (Fsp3) is 0.333. The Morgan fingerprint density at radius 1 is 0.822 bits per heavy atom. The maximum Gasteiger partial charge on any atom is 0.410 e. The van der Waals surface area contributed by atoms with E-state index in [0.717, 1.165) is 17.1 Å². The van der Waals surface area contributed by atoms with E-state index >= 15 is 0 Å². The fourth-order valence-corrected chi connectivity index (χ4v) is 6.15. The molecule has 0 saturated carbocycles. The Bertz CT molecular complexity index is 1600. The Labute approximate surface area is 263 Å². The molecule has 0 unspecified atom stereocenters. The number of ether oxygens (including phenoxy) is 1. The van der Waals surface area contributed by atoms with E-state index in [1.165, 1.54) is 48.5 Å². The van der Waals surface area contributed by atoms with E-state index in [1.807, 2.05) is 20.8 Å². The number of piperidine rings is 1. The minimum atomic E-state index is -4.35. The van der Waals surface area contributed by atoms with E-state index in [4.69, 9.17) is 4.74 Å². The number of nitrogens with zero attached hydrogens (tertiary/aromatic N) is 2. The van der Waals surface area contributed by atoms with E-state index in [0.29, 0.717) is 19.6 Å². The number of hydrogen-bond acceptors (Lipinski definition) is 7. The second kappa shape index (κ2) is 14.4. The highest BCUT2D eigenvalue weighted by Gasteiger charge is 2.32. The first-order valence-corrected chi connectivity index (χ1v) is 16.1. The first-order chi connectivity index (χ1) is 21.3. The van der Waals surface area contributed by atoms with Crippen LogP contribution in [0.3, 0.4) is 0 Å². The van der Waals surface area contributed by atoms with Crippen LogP contribution in [0.25, 0.3) is 0 Å². The molecule has 1 aliphatic heterocycles. The van der Waals surface area contributed by atoms with Gasteiger partial charge in [0.2, 0.25) is 5.91 Å².